The van der Waals surface area contributed by atoms with Crippen LogP contribution in [0.15, 0.2) is 72.8 Å². The van der Waals surface area contributed by atoms with Crippen LogP contribution in [0.4, 0.5) is 0 Å². The van der Waals surface area contributed by atoms with Gasteiger partial charge in [0.1, 0.15) is 0 Å². The lowest BCUT2D eigenvalue weighted by atomic mass is 10.2. The summed E-state index contributed by atoms with van der Waals surface area (Å²) in [6.07, 6.45) is 0.491. The zero-order valence-corrected chi connectivity index (χ0v) is 20.0. The minimum absolute atomic E-state index is 0.0138. The number of hydrogen-bond donors (Lipinski definition) is 5. The lowest BCUT2D eigenvalue weighted by Crippen LogP contribution is -2.27. The van der Waals surface area contributed by atoms with Gasteiger partial charge in [0.05, 0.1) is 6.61 Å². The lowest BCUT2D eigenvalue weighted by Gasteiger charge is -2.20. The first kappa shape index (κ1) is 26.0. The average molecular weight is 494 g/mol. The summed E-state index contributed by atoms with van der Waals surface area (Å²) >= 11 is 0. The van der Waals surface area contributed by atoms with Crippen LogP contribution in [0.3, 0.4) is 0 Å². The predicted molar refractivity (Wildman–Crippen MR) is 137 cm³/mol. The molecular formula is C26H28N3O5P. The van der Waals surface area contributed by atoms with Gasteiger partial charge in [0.25, 0.3) is 11.8 Å². The monoisotopic (exact) mass is 493 g/mol. The van der Waals surface area contributed by atoms with Crippen molar-refractivity contribution in [3.63, 3.8) is 0 Å². The molecular weight excluding hydrogens is 465 g/mol. The van der Waals surface area contributed by atoms with Crippen molar-refractivity contribution in [2.24, 2.45) is 5.73 Å². The number of benzene rings is 3. The zero-order valence-electron chi connectivity index (χ0n) is 19.1. The van der Waals surface area contributed by atoms with Gasteiger partial charge in [0.15, 0.2) is 0 Å². The summed E-state index contributed by atoms with van der Waals surface area (Å²) in [7, 11) is -1.05. The molecule has 3 amide bonds. The van der Waals surface area contributed by atoms with E-state index >= 15 is 0 Å². The molecule has 0 aliphatic heterocycles. The molecule has 0 spiro atoms. The molecule has 9 heteroatoms. The van der Waals surface area contributed by atoms with Gasteiger partial charge in [-0.05, 0) is 66.7 Å². The zero-order chi connectivity index (χ0) is 25.2. The Hall–Kier alpha value is -3.58. The van der Waals surface area contributed by atoms with E-state index in [1.54, 1.807) is 36.4 Å². The second kappa shape index (κ2) is 12.8. The van der Waals surface area contributed by atoms with E-state index in [0.717, 1.165) is 15.9 Å². The number of nitrogens with two attached hydrogens (primary N) is 1. The second-order valence-electron chi connectivity index (χ2n) is 7.65. The molecule has 182 valence electrons. The van der Waals surface area contributed by atoms with Crippen LogP contribution >= 0.6 is 7.92 Å². The van der Waals surface area contributed by atoms with Gasteiger partial charge in [-0.2, -0.15) is 0 Å². The first-order chi connectivity index (χ1) is 16.9. The number of carbonyl (C=O) groups is 3. The highest BCUT2D eigenvalue weighted by Crippen LogP contribution is 2.33. The number of amides is 3. The number of rotatable bonds is 11. The molecule has 0 radical (unpaired) electrons. The van der Waals surface area contributed by atoms with Crippen LogP contribution in [0.2, 0.25) is 0 Å². The summed E-state index contributed by atoms with van der Waals surface area (Å²) in [4.78, 5) is 36.1. The van der Waals surface area contributed by atoms with Crippen LogP contribution in [0.5, 0.6) is 0 Å². The highest BCUT2D eigenvalue weighted by molar-refractivity contribution is 7.79. The van der Waals surface area contributed by atoms with E-state index in [1.807, 2.05) is 36.4 Å². The molecule has 0 saturated carbocycles. The van der Waals surface area contributed by atoms with E-state index in [0.29, 0.717) is 29.7 Å². The SMILES string of the molecule is NC(=O)c1ccc(P(c2ccc(C(=O)NCCO)cc2)c2ccc(C(=O)NCCCO)cc2)cc1. The first-order valence-electron chi connectivity index (χ1n) is 11.1. The predicted octanol–water partition coefficient (Wildman–Crippen LogP) is 0.378. The van der Waals surface area contributed by atoms with E-state index < -0.39 is 13.8 Å². The quantitative estimate of drug-likeness (QED) is 0.194. The van der Waals surface area contributed by atoms with E-state index in [9.17, 15) is 14.4 Å². The molecule has 0 aliphatic rings. The first-order valence-corrected chi connectivity index (χ1v) is 12.5. The minimum atomic E-state index is -1.05. The Balaban J connectivity index is 1.92. The maximum Gasteiger partial charge on any atom is 0.251 e. The fourth-order valence-corrected chi connectivity index (χ4v) is 5.64. The van der Waals surface area contributed by atoms with Crippen molar-refractivity contribution in [3.05, 3.63) is 89.5 Å². The number of hydrogen-bond acceptors (Lipinski definition) is 5. The standard InChI is InChI=1S/C26H28N3O5P/c27-24(32)18-2-8-21(9-3-18)35(23-12-6-20(7-13-23)26(34)29-15-17-31)22-10-4-19(5-11-22)25(33)28-14-1-16-30/h2-13,30-31H,1,14-17H2,(H2,27,32)(H,28,33)(H,29,34). The van der Waals surface area contributed by atoms with Crippen LogP contribution in [0.25, 0.3) is 0 Å². The van der Waals surface area contributed by atoms with E-state index in [4.69, 9.17) is 15.9 Å². The highest BCUT2D eigenvalue weighted by atomic mass is 31.1. The van der Waals surface area contributed by atoms with Crippen molar-refractivity contribution >= 4 is 41.6 Å². The van der Waals surface area contributed by atoms with Gasteiger partial charge in [-0.1, -0.05) is 36.4 Å². The van der Waals surface area contributed by atoms with Crippen LogP contribution < -0.4 is 32.3 Å². The molecule has 0 bridgehead atoms. The van der Waals surface area contributed by atoms with Crippen LogP contribution in [0.1, 0.15) is 37.5 Å². The molecule has 0 saturated heterocycles. The number of nitrogens with one attached hydrogen (secondary N) is 2. The molecule has 6 N–H and O–H groups in total. The minimum Gasteiger partial charge on any atom is -0.396 e. The maximum absolute atomic E-state index is 12.3. The molecule has 3 aromatic carbocycles. The fraction of sp³-hybridized carbons (Fsp3) is 0.192. The Bertz CT molecular complexity index is 1150. The third-order valence-electron chi connectivity index (χ3n) is 5.20. The Labute approximate surface area is 204 Å². The highest BCUT2D eigenvalue weighted by Gasteiger charge is 2.18. The lowest BCUT2D eigenvalue weighted by molar-refractivity contribution is 0.0939. The molecule has 0 aliphatic carbocycles. The van der Waals surface area contributed by atoms with Gasteiger partial charge in [0, 0.05) is 36.4 Å². The third-order valence-corrected chi connectivity index (χ3v) is 7.65. The Morgan fingerprint density at radius 1 is 0.629 bits per heavy atom. The van der Waals surface area contributed by atoms with Gasteiger partial charge in [-0.25, -0.2) is 0 Å². The molecule has 0 fully saturated rings. The molecule has 8 nitrogen and oxygen atoms in total. The topological polar surface area (TPSA) is 142 Å². The van der Waals surface area contributed by atoms with Gasteiger partial charge in [0.2, 0.25) is 5.91 Å². The van der Waals surface area contributed by atoms with E-state index in [-0.39, 0.29) is 31.6 Å². The largest absolute Gasteiger partial charge is 0.396 e. The summed E-state index contributed by atoms with van der Waals surface area (Å²) in [5.41, 5.74) is 6.80. The third kappa shape index (κ3) is 6.96. The molecule has 1 unspecified atom stereocenters. The van der Waals surface area contributed by atoms with Crippen molar-refractivity contribution < 1.29 is 24.6 Å². The van der Waals surface area contributed by atoms with E-state index in [1.165, 1.54) is 0 Å². The molecule has 3 aromatic rings. The van der Waals surface area contributed by atoms with E-state index in [2.05, 4.69) is 10.6 Å². The second-order valence-corrected chi connectivity index (χ2v) is 9.87. The molecule has 35 heavy (non-hydrogen) atoms. The Morgan fingerprint density at radius 3 is 1.40 bits per heavy atom. The maximum atomic E-state index is 12.3. The number of aliphatic hydroxyl groups is 2. The van der Waals surface area contributed by atoms with Crippen molar-refractivity contribution in [1.29, 1.82) is 0 Å². The fourth-order valence-electron chi connectivity index (χ4n) is 3.40. The molecule has 0 heterocycles. The number of aliphatic hydroxyl groups excluding tert-OH is 2. The average Bonchev–Trinajstić information content (AvgIpc) is 2.88. The summed E-state index contributed by atoms with van der Waals surface area (Å²) in [6, 6.07) is 21.7. The summed E-state index contributed by atoms with van der Waals surface area (Å²) in [5.74, 6) is -0.980. The molecule has 0 aromatic heterocycles. The van der Waals surface area contributed by atoms with Crippen LogP contribution in [-0.2, 0) is 0 Å². The van der Waals surface area contributed by atoms with Gasteiger partial charge in [-0.15, -0.1) is 0 Å². The van der Waals surface area contributed by atoms with Crippen molar-refractivity contribution in [3.8, 4) is 0 Å². The van der Waals surface area contributed by atoms with Crippen molar-refractivity contribution in [1.82, 2.24) is 10.6 Å². The normalized spacial score (nSPS) is 11.5. The van der Waals surface area contributed by atoms with Crippen molar-refractivity contribution in [2.45, 2.75) is 6.42 Å². The van der Waals surface area contributed by atoms with Gasteiger partial charge < -0.3 is 26.6 Å². The number of carbonyl (C=O) groups excluding carboxylic acids is 3. The van der Waals surface area contributed by atoms with Crippen molar-refractivity contribution in [2.75, 3.05) is 26.3 Å². The van der Waals surface area contributed by atoms with Gasteiger partial charge in [-0.3, -0.25) is 14.4 Å². The molecule has 1 atom stereocenters. The Morgan fingerprint density at radius 2 is 1.03 bits per heavy atom. The summed E-state index contributed by atoms with van der Waals surface area (Å²) in [6.45, 7) is 0.458. The van der Waals surface area contributed by atoms with Crippen LogP contribution in [-0.4, -0.2) is 54.2 Å². The number of primary amides is 1. The Kier molecular flexibility index (Phi) is 9.49. The molecule has 3 rings (SSSR count). The summed E-state index contributed by atoms with van der Waals surface area (Å²) < 4.78 is 0. The van der Waals surface area contributed by atoms with Gasteiger partial charge >= 0.3 is 0 Å². The summed E-state index contributed by atoms with van der Waals surface area (Å²) in [5, 5.41) is 26.1. The van der Waals surface area contributed by atoms with Crippen LogP contribution in [0, 0.1) is 0 Å². The smallest absolute Gasteiger partial charge is 0.251 e.